The molecule has 0 saturated carbocycles. The van der Waals surface area contributed by atoms with Gasteiger partial charge in [-0.1, -0.05) is 24.3 Å². The molecule has 8 heteroatoms. The first-order valence-electron chi connectivity index (χ1n) is 10.4. The van der Waals surface area contributed by atoms with Crippen molar-refractivity contribution in [3.63, 3.8) is 0 Å². The highest BCUT2D eigenvalue weighted by Gasteiger charge is 2.31. The molecule has 0 aromatic carbocycles. The molecule has 0 spiro atoms. The number of carbonyl (C=O) groups is 1. The smallest absolute Gasteiger partial charge is 0.251 e. The van der Waals surface area contributed by atoms with Crippen molar-refractivity contribution >= 4 is 11.7 Å². The molecule has 4 rings (SSSR count). The third-order valence-corrected chi connectivity index (χ3v) is 5.19. The molecule has 4 aromatic heterocycles. The van der Waals surface area contributed by atoms with Crippen LogP contribution in [0.3, 0.4) is 0 Å². The van der Waals surface area contributed by atoms with Crippen molar-refractivity contribution in [3.8, 4) is 5.88 Å². The predicted molar refractivity (Wildman–Crippen MR) is 123 cm³/mol. The number of aliphatic hydroxyl groups excluding tert-OH is 1. The van der Waals surface area contributed by atoms with Crippen molar-refractivity contribution in [1.82, 2.24) is 19.9 Å². The summed E-state index contributed by atoms with van der Waals surface area (Å²) >= 11 is 0. The van der Waals surface area contributed by atoms with E-state index in [0.717, 1.165) is 16.8 Å². The summed E-state index contributed by atoms with van der Waals surface area (Å²) in [6.45, 7) is -0.624. The minimum atomic E-state index is -0.624. The summed E-state index contributed by atoms with van der Waals surface area (Å²) in [6, 6.07) is 18.8. The summed E-state index contributed by atoms with van der Waals surface area (Å²) in [7, 11) is 1.57. The summed E-state index contributed by atoms with van der Waals surface area (Å²) in [5, 5.41) is 11.7. The molecule has 1 atom stereocenters. The Morgan fingerprint density at radius 3 is 2.09 bits per heavy atom. The minimum absolute atomic E-state index is 0.219. The van der Waals surface area contributed by atoms with E-state index in [1.54, 1.807) is 31.6 Å². The predicted octanol–water partition coefficient (Wildman–Crippen LogP) is 3.17. The van der Waals surface area contributed by atoms with Gasteiger partial charge in [0.05, 0.1) is 24.4 Å². The van der Waals surface area contributed by atoms with Crippen LogP contribution in [0.1, 0.15) is 34.4 Å². The number of ether oxygens (including phenoxy) is 1. The monoisotopic (exact) mass is 441 g/mol. The van der Waals surface area contributed by atoms with Crippen LogP contribution in [0.5, 0.6) is 5.88 Å². The van der Waals surface area contributed by atoms with Crippen LogP contribution in [0.25, 0.3) is 0 Å². The van der Waals surface area contributed by atoms with E-state index in [0.29, 0.717) is 17.4 Å². The van der Waals surface area contributed by atoms with E-state index in [2.05, 4.69) is 15.3 Å². The lowest BCUT2D eigenvalue weighted by atomic mass is 9.78. The number of aromatic nitrogens is 4. The van der Waals surface area contributed by atoms with Crippen LogP contribution in [0, 0.1) is 0 Å². The number of hydrogen-bond donors (Lipinski definition) is 2. The molecule has 0 bridgehead atoms. The van der Waals surface area contributed by atoms with E-state index >= 15 is 0 Å². The topological polar surface area (TPSA) is 110 Å². The number of anilines is 1. The van der Waals surface area contributed by atoms with Crippen LogP contribution in [-0.4, -0.2) is 44.7 Å². The Morgan fingerprint density at radius 2 is 1.52 bits per heavy atom. The summed E-state index contributed by atoms with van der Waals surface area (Å²) in [5.41, 5.74) is 3.35. The quantitative estimate of drug-likeness (QED) is 0.432. The molecule has 1 unspecified atom stereocenters. The molecule has 166 valence electrons. The van der Waals surface area contributed by atoms with E-state index in [-0.39, 0.29) is 11.8 Å². The highest BCUT2D eigenvalue weighted by Crippen LogP contribution is 2.41. The molecular weight excluding hydrogens is 418 g/mol. The van der Waals surface area contributed by atoms with Crippen LogP contribution >= 0.6 is 0 Å². The van der Waals surface area contributed by atoms with E-state index in [9.17, 15) is 4.79 Å². The van der Waals surface area contributed by atoms with Gasteiger partial charge in [-0.25, -0.2) is 9.97 Å². The van der Waals surface area contributed by atoms with Crippen LogP contribution in [0.15, 0.2) is 85.5 Å². The first kappa shape index (κ1) is 22.0. The molecular formula is C25H23N5O3. The molecule has 0 saturated heterocycles. The zero-order valence-electron chi connectivity index (χ0n) is 18.0. The van der Waals surface area contributed by atoms with Crippen LogP contribution < -0.4 is 10.1 Å². The number of rotatable bonds is 8. The molecule has 0 aliphatic heterocycles. The zero-order chi connectivity index (χ0) is 23.0. The van der Waals surface area contributed by atoms with Gasteiger partial charge in [0.25, 0.3) is 5.91 Å². The Bertz CT molecular complexity index is 1170. The van der Waals surface area contributed by atoms with Crippen LogP contribution in [0.2, 0.25) is 0 Å². The van der Waals surface area contributed by atoms with E-state index in [1.165, 1.54) is 0 Å². The molecule has 4 heterocycles. The number of nitrogens with one attached hydrogen (secondary N) is 1. The Morgan fingerprint density at radius 1 is 0.879 bits per heavy atom. The van der Waals surface area contributed by atoms with Gasteiger partial charge < -0.3 is 15.2 Å². The number of carbonyl (C=O) groups excluding carboxylic acids is 1. The van der Waals surface area contributed by atoms with Crippen molar-refractivity contribution in [2.24, 2.45) is 0 Å². The molecule has 1 amide bonds. The third-order valence-electron chi connectivity index (χ3n) is 5.19. The van der Waals surface area contributed by atoms with E-state index in [4.69, 9.17) is 19.8 Å². The average Bonchev–Trinajstić information content (AvgIpc) is 2.88. The van der Waals surface area contributed by atoms with Gasteiger partial charge in [0, 0.05) is 36.8 Å². The summed E-state index contributed by atoms with van der Waals surface area (Å²) in [6.07, 6.45) is 7.10. The van der Waals surface area contributed by atoms with Gasteiger partial charge in [-0.05, 0) is 41.5 Å². The van der Waals surface area contributed by atoms with Gasteiger partial charge >= 0.3 is 0 Å². The molecule has 0 aliphatic carbocycles. The fourth-order valence-electron chi connectivity index (χ4n) is 3.78. The lowest BCUT2D eigenvalue weighted by Gasteiger charge is -2.27. The van der Waals surface area contributed by atoms with Gasteiger partial charge in [-0.15, -0.1) is 0 Å². The van der Waals surface area contributed by atoms with Crippen molar-refractivity contribution in [1.29, 1.82) is 0 Å². The molecule has 4 aromatic rings. The SMILES string of the molecule is COc1cccc(C(c2cccc(NC(=O)CO)n2)C(c2cccnc2)c2cccnc2)n1. The summed E-state index contributed by atoms with van der Waals surface area (Å²) < 4.78 is 5.38. The molecule has 2 N–H and O–H groups in total. The van der Waals surface area contributed by atoms with Gasteiger partial charge in [0.15, 0.2) is 0 Å². The van der Waals surface area contributed by atoms with E-state index < -0.39 is 12.5 Å². The van der Waals surface area contributed by atoms with Crippen molar-refractivity contribution in [2.45, 2.75) is 11.8 Å². The van der Waals surface area contributed by atoms with Crippen LogP contribution in [-0.2, 0) is 4.79 Å². The molecule has 8 nitrogen and oxygen atoms in total. The molecule has 0 fully saturated rings. The third kappa shape index (κ3) is 5.19. The van der Waals surface area contributed by atoms with Crippen molar-refractivity contribution < 1.29 is 14.6 Å². The fraction of sp³-hybridized carbons (Fsp3) is 0.160. The van der Waals surface area contributed by atoms with Gasteiger partial charge in [0.2, 0.25) is 5.88 Å². The van der Waals surface area contributed by atoms with E-state index in [1.807, 2.05) is 60.9 Å². The highest BCUT2D eigenvalue weighted by atomic mass is 16.5. The van der Waals surface area contributed by atoms with Crippen molar-refractivity contribution in [3.05, 3.63) is 108 Å². The van der Waals surface area contributed by atoms with Crippen LogP contribution in [0.4, 0.5) is 5.82 Å². The summed E-state index contributed by atoms with van der Waals surface area (Å²) in [4.78, 5) is 29.8. The lowest BCUT2D eigenvalue weighted by molar-refractivity contribution is -0.118. The first-order valence-corrected chi connectivity index (χ1v) is 10.4. The zero-order valence-corrected chi connectivity index (χ0v) is 18.0. The lowest BCUT2D eigenvalue weighted by Crippen LogP contribution is -2.20. The number of hydrogen-bond acceptors (Lipinski definition) is 7. The van der Waals surface area contributed by atoms with Crippen molar-refractivity contribution in [2.75, 3.05) is 19.0 Å². The molecule has 33 heavy (non-hydrogen) atoms. The Kier molecular flexibility index (Phi) is 6.96. The Balaban J connectivity index is 1.91. The molecule has 0 radical (unpaired) electrons. The Labute approximate surface area is 191 Å². The molecule has 0 aliphatic rings. The first-order chi connectivity index (χ1) is 16.2. The number of pyridine rings is 4. The minimum Gasteiger partial charge on any atom is -0.481 e. The fourth-order valence-corrected chi connectivity index (χ4v) is 3.78. The maximum absolute atomic E-state index is 11.7. The largest absolute Gasteiger partial charge is 0.481 e. The normalized spacial score (nSPS) is 11.7. The number of nitrogens with zero attached hydrogens (tertiary/aromatic N) is 4. The van der Waals surface area contributed by atoms with Gasteiger partial charge in [-0.3, -0.25) is 14.8 Å². The Hall–Kier alpha value is -4.17. The standard InChI is InChI=1S/C25H23N5O3/c1-33-23-11-3-9-20(29-23)25(19-8-2-10-21(28-19)30-22(32)16-31)24(17-6-4-12-26-14-17)18-7-5-13-27-15-18/h2-15,24-25,31H,16H2,1H3,(H,28,30,32). The average molecular weight is 441 g/mol. The number of methoxy groups -OCH3 is 1. The van der Waals surface area contributed by atoms with Gasteiger partial charge in [0.1, 0.15) is 12.4 Å². The summed E-state index contributed by atoms with van der Waals surface area (Å²) in [5.74, 6) is -0.275. The maximum atomic E-state index is 11.7. The second-order valence-electron chi connectivity index (χ2n) is 7.29. The van der Waals surface area contributed by atoms with Gasteiger partial charge in [-0.2, -0.15) is 0 Å². The number of amides is 1. The second kappa shape index (κ2) is 10.4. The second-order valence-corrected chi connectivity index (χ2v) is 7.29. The number of aliphatic hydroxyl groups is 1. The maximum Gasteiger partial charge on any atom is 0.251 e. The highest BCUT2D eigenvalue weighted by molar-refractivity contribution is 5.90.